The molecule has 2 N–H and O–H groups in total. The van der Waals surface area contributed by atoms with E-state index in [9.17, 15) is 0 Å². The van der Waals surface area contributed by atoms with Gasteiger partial charge in [-0.2, -0.15) is 0 Å². The van der Waals surface area contributed by atoms with E-state index in [-0.39, 0.29) is 24.0 Å². The maximum atomic E-state index is 5.76. The number of rotatable bonds is 10. The third-order valence-corrected chi connectivity index (χ3v) is 4.25. The molecule has 0 atom stereocenters. The summed E-state index contributed by atoms with van der Waals surface area (Å²) in [5.41, 5.74) is 1.10. The molecule has 0 radical (unpaired) electrons. The summed E-state index contributed by atoms with van der Waals surface area (Å²) in [5.74, 6) is 2.47. The van der Waals surface area contributed by atoms with Gasteiger partial charge >= 0.3 is 0 Å². The van der Waals surface area contributed by atoms with E-state index >= 15 is 0 Å². The Labute approximate surface area is 186 Å². The molecule has 1 aromatic rings. The standard InChI is InChI=1S/C20H34N4O3.HI/c1-4-21-20(22-9-11-24(2)10-5-12-25-3)23-16-17-7-8-18-19(15-17)27-14-6-13-26-18;/h7-8,15H,4-6,9-14,16H2,1-3H3,(H2,21,22,23);1H. The molecule has 0 bridgehead atoms. The lowest BCUT2D eigenvalue weighted by molar-refractivity contribution is 0.180. The van der Waals surface area contributed by atoms with Crippen molar-refractivity contribution in [3.8, 4) is 11.5 Å². The molecule has 2 rings (SSSR count). The van der Waals surface area contributed by atoms with Crippen molar-refractivity contribution >= 4 is 29.9 Å². The van der Waals surface area contributed by atoms with Gasteiger partial charge in [0.1, 0.15) is 0 Å². The Morgan fingerprint density at radius 1 is 1.18 bits per heavy atom. The van der Waals surface area contributed by atoms with Crippen molar-refractivity contribution in [1.29, 1.82) is 0 Å². The minimum absolute atomic E-state index is 0. The van der Waals surface area contributed by atoms with E-state index in [4.69, 9.17) is 14.2 Å². The van der Waals surface area contributed by atoms with Crippen LogP contribution < -0.4 is 20.1 Å². The number of nitrogens with one attached hydrogen (secondary N) is 2. The van der Waals surface area contributed by atoms with Crippen LogP contribution in [0.15, 0.2) is 23.2 Å². The monoisotopic (exact) mass is 506 g/mol. The van der Waals surface area contributed by atoms with Gasteiger partial charge in [-0.25, -0.2) is 4.99 Å². The number of fused-ring (bicyclic) bond motifs is 1. The van der Waals surface area contributed by atoms with Gasteiger partial charge in [0, 0.05) is 46.3 Å². The summed E-state index contributed by atoms with van der Waals surface area (Å²) in [6.45, 7) is 8.53. The highest BCUT2D eigenvalue weighted by Gasteiger charge is 2.10. The Kier molecular flexibility index (Phi) is 13.0. The smallest absolute Gasteiger partial charge is 0.191 e. The minimum atomic E-state index is 0. The van der Waals surface area contributed by atoms with Crippen LogP contribution in [0.3, 0.4) is 0 Å². The fraction of sp³-hybridized carbons (Fsp3) is 0.650. The van der Waals surface area contributed by atoms with E-state index in [0.29, 0.717) is 19.8 Å². The van der Waals surface area contributed by atoms with E-state index in [1.54, 1.807) is 7.11 Å². The van der Waals surface area contributed by atoms with Gasteiger partial charge in [-0.1, -0.05) is 6.07 Å². The fourth-order valence-electron chi connectivity index (χ4n) is 2.77. The second-order valence-corrected chi connectivity index (χ2v) is 6.60. The summed E-state index contributed by atoms with van der Waals surface area (Å²) in [6, 6.07) is 6.04. The van der Waals surface area contributed by atoms with Gasteiger partial charge in [-0.05, 0) is 38.1 Å². The number of ether oxygens (including phenoxy) is 3. The van der Waals surface area contributed by atoms with Crippen molar-refractivity contribution in [1.82, 2.24) is 15.5 Å². The quantitative estimate of drug-likeness (QED) is 0.220. The summed E-state index contributed by atoms with van der Waals surface area (Å²) in [7, 11) is 3.86. The number of benzene rings is 1. The predicted octanol–water partition coefficient (Wildman–Crippen LogP) is 2.49. The Morgan fingerprint density at radius 3 is 2.71 bits per heavy atom. The second-order valence-electron chi connectivity index (χ2n) is 6.60. The van der Waals surface area contributed by atoms with E-state index in [0.717, 1.165) is 68.6 Å². The molecule has 0 aromatic heterocycles. The molecule has 0 saturated heterocycles. The lowest BCUT2D eigenvalue weighted by Crippen LogP contribution is -2.41. The molecule has 0 aliphatic carbocycles. The van der Waals surface area contributed by atoms with Crippen LogP contribution >= 0.6 is 24.0 Å². The van der Waals surface area contributed by atoms with Crippen LogP contribution in [-0.4, -0.2) is 71.0 Å². The average Bonchev–Trinajstić information content (AvgIpc) is 2.91. The van der Waals surface area contributed by atoms with Crippen LogP contribution in [0.25, 0.3) is 0 Å². The van der Waals surface area contributed by atoms with Gasteiger partial charge in [0.25, 0.3) is 0 Å². The van der Waals surface area contributed by atoms with Crippen LogP contribution in [0.1, 0.15) is 25.3 Å². The van der Waals surface area contributed by atoms with Gasteiger partial charge in [0.15, 0.2) is 17.5 Å². The Balaban J connectivity index is 0.00000392. The lowest BCUT2D eigenvalue weighted by atomic mass is 10.2. The zero-order valence-electron chi connectivity index (χ0n) is 17.3. The first-order valence-electron chi connectivity index (χ1n) is 9.81. The predicted molar refractivity (Wildman–Crippen MR) is 124 cm³/mol. The molecule has 0 unspecified atom stereocenters. The first-order valence-corrected chi connectivity index (χ1v) is 9.81. The molecule has 0 saturated carbocycles. The fourth-order valence-corrected chi connectivity index (χ4v) is 2.77. The number of hydrogen-bond acceptors (Lipinski definition) is 5. The minimum Gasteiger partial charge on any atom is -0.490 e. The second kappa shape index (κ2) is 14.7. The van der Waals surface area contributed by atoms with E-state index in [2.05, 4.69) is 34.5 Å². The molecule has 1 aliphatic rings. The summed E-state index contributed by atoms with van der Waals surface area (Å²) < 4.78 is 16.5. The normalized spacial score (nSPS) is 13.6. The Hall–Kier alpha value is -1.26. The van der Waals surface area contributed by atoms with Crippen molar-refractivity contribution < 1.29 is 14.2 Å². The lowest BCUT2D eigenvalue weighted by Gasteiger charge is -2.18. The topological polar surface area (TPSA) is 67.4 Å². The average molecular weight is 506 g/mol. The molecule has 0 fully saturated rings. The van der Waals surface area contributed by atoms with E-state index in [1.165, 1.54) is 0 Å². The largest absolute Gasteiger partial charge is 0.490 e. The van der Waals surface area contributed by atoms with Crippen molar-refractivity contribution in [3.63, 3.8) is 0 Å². The van der Waals surface area contributed by atoms with Gasteiger partial charge in [-0.3, -0.25) is 0 Å². The SMILES string of the molecule is CCNC(=NCc1ccc2c(c1)OCCCO2)NCCN(C)CCCOC.I. The van der Waals surface area contributed by atoms with Gasteiger partial charge in [-0.15, -0.1) is 24.0 Å². The van der Waals surface area contributed by atoms with Gasteiger partial charge in [0.05, 0.1) is 19.8 Å². The first-order chi connectivity index (χ1) is 13.2. The summed E-state index contributed by atoms with van der Waals surface area (Å²) >= 11 is 0. The highest BCUT2D eigenvalue weighted by atomic mass is 127. The van der Waals surface area contributed by atoms with Crippen molar-refractivity contribution in [3.05, 3.63) is 23.8 Å². The number of halogens is 1. The number of methoxy groups -OCH3 is 1. The molecule has 7 nitrogen and oxygen atoms in total. The number of guanidine groups is 1. The van der Waals surface area contributed by atoms with Crippen LogP contribution in [0, 0.1) is 0 Å². The molecular formula is C20H35IN4O3. The van der Waals surface area contributed by atoms with Gasteiger partial charge < -0.3 is 29.7 Å². The number of nitrogens with zero attached hydrogens (tertiary/aromatic N) is 2. The van der Waals surface area contributed by atoms with E-state index < -0.39 is 0 Å². The molecule has 160 valence electrons. The van der Waals surface area contributed by atoms with Crippen LogP contribution in [0.4, 0.5) is 0 Å². The molecular weight excluding hydrogens is 471 g/mol. The van der Waals surface area contributed by atoms with Crippen LogP contribution in [0.5, 0.6) is 11.5 Å². The summed E-state index contributed by atoms with van der Waals surface area (Å²) in [6.07, 6.45) is 1.96. The first kappa shape index (κ1) is 24.8. The van der Waals surface area contributed by atoms with E-state index in [1.807, 2.05) is 18.2 Å². The van der Waals surface area contributed by atoms with Crippen LogP contribution in [-0.2, 0) is 11.3 Å². The maximum Gasteiger partial charge on any atom is 0.191 e. The summed E-state index contributed by atoms with van der Waals surface area (Å²) in [5, 5.41) is 6.69. The third kappa shape index (κ3) is 9.29. The zero-order chi connectivity index (χ0) is 19.3. The number of aliphatic imine (C=N–C) groups is 1. The molecule has 8 heteroatoms. The highest BCUT2D eigenvalue weighted by molar-refractivity contribution is 14.0. The van der Waals surface area contributed by atoms with Gasteiger partial charge in [0.2, 0.25) is 0 Å². The van der Waals surface area contributed by atoms with Crippen molar-refractivity contribution in [2.45, 2.75) is 26.3 Å². The molecule has 1 aliphatic heterocycles. The number of hydrogen-bond donors (Lipinski definition) is 2. The summed E-state index contributed by atoms with van der Waals surface area (Å²) in [4.78, 5) is 6.98. The third-order valence-electron chi connectivity index (χ3n) is 4.25. The molecule has 28 heavy (non-hydrogen) atoms. The van der Waals surface area contributed by atoms with Crippen LogP contribution in [0.2, 0.25) is 0 Å². The molecule has 0 spiro atoms. The zero-order valence-corrected chi connectivity index (χ0v) is 19.7. The maximum absolute atomic E-state index is 5.76. The number of likely N-dealkylation sites (N-methyl/N-ethyl adjacent to an activating group) is 1. The van der Waals surface area contributed by atoms with Crippen molar-refractivity contribution in [2.75, 3.05) is 60.2 Å². The molecule has 1 heterocycles. The highest BCUT2D eigenvalue weighted by Crippen LogP contribution is 2.30. The molecule has 1 aromatic carbocycles. The Morgan fingerprint density at radius 2 is 1.96 bits per heavy atom. The van der Waals surface area contributed by atoms with Crippen molar-refractivity contribution in [2.24, 2.45) is 4.99 Å². The molecule has 0 amide bonds. The Bertz CT molecular complexity index is 587.